The van der Waals surface area contributed by atoms with E-state index in [2.05, 4.69) is 5.92 Å². The highest BCUT2D eigenvalue weighted by Gasteiger charge is 2.17. The Labute approximate surface area is 60.5 Å². The van der Waals surface area contributed by atoms with Crippen LogP contribution in [-0.4, -0.2) is 25.5 Å². The van der Waals surface area contributed by atoms with Crippen molar-refractivity contribution in [3.8, 4) is 12.3 Å². The molecule has 0 aliphatic carbocycles. The molecule has 1 aliphatic heterocycles. The lowest BCUT2D eigenvalue weighted by molar-refractivity contribution is -0.0477. The van der Waals surface area contributed by atoms with Crippen LogP contribution in [0.3, 0.4) is 0 Å². The molecule has 0 amide bonds. The molecule has 3 nitrogen and oxygen atoms in total. The van der Waals surface area contributed by atoms with Crippen LogP contribution in [0, 0.1) is 12.3 Å². The van der Waals surface area contributed by atoms with Crippen molar-refractivity contribution in [1.82, 2.24) is 0 Å². The van der Waals surface area contributed by atoms with E-state index in [0.29, 0.717) is 19.6 Å². The molecule has 0 spiro atoms. The molecule has 0 radical (unpaired) electrons. The van der Waals surface area contributed by atoms with Crippen LogP contribution in [0.1, 0.15) is 6.42 Å². The molecule has 56 valence electrons. The fraction of sp³-hybridized carbons (Fsp3) is 0.714. The van der Waals surface area contributed by atoms with E-state index in [1.807, 2.05) is 0 Å². The second-order valence-electron chi connectivity index (χ2n) is 2.18. The summed E-state index contributed by atoms with van der Waals surface area (Å²) in [4.78, 5) is 0. The van der Waals surface area contributed by atoms with Crippen LogP contribution in [0.5, 0.6) is 0 Å². The first-order chi connectivity index (χ1) is 4.83. The zero-order valence-corrected chi connectivity index (χ0v) is 5.75. The molecule has 0 saturated carbocycles. The first-order valence-corrected chi connectivity index (χ1v) is 3.28. The lowest BCUT2D eigenvalue weighted by atomic mass is 10.2. The summed E-state index contributed by atoms with van der Waals surface area (Å²) in [6, 6.07) is -0.247. The minimum absolute atomic E-state index is 0.175. The monoisotopic (exact) mass is 141 g/mol. The fourth-order valence-corrected chi connectivity index (χ4v) is 0.819. The van der Waals surface area contributed by atoms with E-state index in [-0.39, 0.29) is 12.3 Å². The molecule has 1 unspecified atom stereocenters. The normalized spacial score (nSPS) is 22.4. The van der Waals surface area contributed by atoms with Crippen molar-refractivity contribution in [2.75, 3.05) is 13.2 Å². The lowest BCUT2D eigenvalue weighted by Gasteiger charge is -2.09. The Balaban J connectivity index is 2.19. The number of hydrogen-bond acceptors (Lipinski definition) is 3. The Morgan fingerprint density at radius 1 is 1.60 bits per heavy atom. The van der Waals surface area contributed by atoms with Gasteiger partial charge in [0, 0.05) is 6.42 Å². The van der Waals surface area contributed by atoms with E-state index in [4.69, 9.17) is 21.6 Å². The average Bonchev–Trinajstić information content (AvgIpc) is 2.40. The third-order valence-electron chi connectivity index (χ3n) is 1.35. The summed E-state index contributed by atoms with van der Waals surface area (Å²) < 4.78 is 10.3. The predicted molar refractivity (Wildman–Crippen MR) is 37.1 cm³/mol. The van der Waals surface area contributed by atoms with Gasteiger partial charge >= 0.3 is 0 Å². The van der Waals surface area contributed by atoms with Gasteiger partial charge in [0.15, 0.2) is 6.29 Å². The average molecular weight is 141 g/mol. The number of ether oxygens (including phenoxy) is 2. The summed E-state index contributed by atoms with van der Waals surface area (Å²) in [5, 5.41) is 0. The highest BCUT2D eigenvalue weighted by Crippen LogP contribution is 2.08. The van der Waals surface area contributed by atoms with Crippen LogP contribution in [0.25, 0.3) is 0 Å². The number of terminal acetylenes is 1. The molecule has 0 bridgehead atoms. The molecular weight excluding hydrogens is 130 g/mol. The Morgan fingerprint density at radius 3 is 2.70 bits per heavy atom. The van der Waals surface area contributed by atoms with Crippen LogP contribution in [0.15, 0.2) is 0 Å². The second-order valence-corrected chi connectivity index (χ2v) is 2.18. The fourth-order valence-electron chi connectivity index (χ4n) is 0.819. The maximum Gasteiger partial charge on any atom is 0.160 e. The van der Waals surface area contributed by atoms with E-state index >= 15 is 0 Å². The van der Waals surface area contributed by atoms with Gasteiger partial charge in [0.05, 0.1) is 19.3 Å². The number of rotatable bonds is 2. The van der Waals surface area contributed by atoms with Crippen LogP contribution in [0.4, 0.5) is 0 Å². The summed E-state index contributed by atoms with van der Waals surface area (Å²) in [5.41, 5.74) is 5.46. The maximum atomic E-state index is 5.46. The smallest absolute Gasteiger partial charge is 0.160 e. The summed E-state index contributed by atoms with van der Waals surface area (Å²) in [6.07, 6.45) is 5.48. The molecule has 1 saturated heterocycles. The van der Waals surface area contributed by atoms with Crippen molar-refractivity contribution in [3.05, 3.63) is 0 Å². The highest BCUT2D eigenvalue weighted by molar-refractivity contribution is 4.96. The van der Waals surface area contributed by atoms with Gasteiger partial charge in [0.1, 0.15) is 0 Å². The van der Waals surface area contributed by atoms with Crippen molar-refractivity contribution in [3.63, 3.8) is 0 Å². The third kappa shape index (κ3) is 1.99. The van der Waals surface area contributed by atoms with Crippen molar-refractivity contribution in [2.45, 2.75) is 18.8 Å². The van der Waals surface area contributed by atoms with Gasteiger partial charge in [0.2, 0.25) is 0 Å². The lowest BCUT2D eigenvalue weighted by Crippen LogP contribution is -2.24. The first-order valence-electron chi connectivity index (χ1n) is 3.28. The Morgan fingerprint density at radius 2 is 2.20 bits per heavy atom. The van der Waals surface area contributed by atoms with Gasteiger partial charge in [-0.2, -0.15) is 0 Å². The van der Waals surface area contributed by atoms with E-state index < -0.39 is 0 Å². The van der Waals surface area contributed by atoms with Gasteiger partial charge in [0.25, 0.3) is 0 Å². The highest BCUT2D eigenvalue weighted by atomic mass is 16.7. The van der Waals surface area contributed by atoms with E-state index in [1.54, 1.807) is 0 Å². The largest absolute Gasteiger partial charge is 0.350 e. The van der Waals surface area contributed by atoms with Gasteiger partial charge < -0.3 is 15.2 Å². The first kappa shape index (κ1) is 7.55. The standard InChI is InChI=1S/C7H11NO2/c1-2-6(8)5-7-9-3-4-10-7/h1,6-7H,3-5,8H2. The van der Waals surface area contributed by atoms with Crippen LogP contribution >= 0.6 is 0 Å². The molecular formula is C7H11NO2. The zero-order chi connectivity index (χ0) is 7.40. The zero-order valence-electron chi connectivity index (χ0n) is 5.75. The minimum Gasteiger partial charge on any atom is -0.350 e. The summed E-state index contributed by atoms with van der Waals surface area (Å²) >= 11 is 0. The Hall–Kier alpha value is -0.560. The quantitative estimate of drug-likeness (QED) is 0.537. The molecule has 3 heteroatoms. The van der Waals surface area contributed by atoms with Gasteiger partial charge in [-0.15, -0.1) is 6.42 Å². The van der Waals surface area contributed by atoms with Gasteiger partial charge in [-0.25, -0.2) is 0 Å². The van der Waals surface area contributed by atoms with Gasteiger partial charge in [-0.1, -0.05) is 5.92 Å². The van der Waals surface area contributed by atoms with Gasteiger partial charge in [-0.05, 0) is 0 Å². The Kier molecular flexibility index (Phi) is 2.69. The van der Waals surface area contributed by atoms with Crippen molar-refractivity contribution in [1.29, 1.82) is 0 Å². The SMILES string of the molecule is C#CC(N)CC1OCCO1. The molecule has 0 aromatic rings. The summed E-state index contributed by atoms with van der Waals surface area (Å²) in [6.45, 7) is 1.31. The van der Waals surface area contributed by atoms with Gasteiger partial charge in [-0.3, -0.25) is 0 Å². The molecule has 2 N–H and O–H groups in total. The molecule has 1 fully saturated rings. The van der Waals surface area contributed by atoms with Crippen molar-refractivity contribution in [2.24, 2.45) is 5.73 Å². The van der Waals surface area contributed by atoms with Crippen LogP contribution < -0.4 is 5.73 Å². The third-order valence-corrected chi connectivity index (χ3v) is 1.35. The molecule has 1 atom stereocenters. The van der Waals surface area contributed by atoms with Crippen LogP contribution in [0.2, 0.25) is 0 Å². The van der Waals surface area contributed by atoms with E-state index in [1.165, 1.54) is 0 Å². The van der Waals surface area contributed by atoms with E-state index in [9.17, 15) is 0 Å². The topological polar surface area (TPSA) is 44.5 Å². The van der Waals surface area contributed by atoms with Crippen molar-refractivity contribution < 1.29 is 9.47 Å². The molecule has 0 aromatic carbocycles. The maximum absolute atomic E-state index is 5.46. The second kappa shape index (κ2) is 3.57. The summed E-state index contributed by atoms with van der Waals surface area (Å²) in [7, 11) is 0. The molecule has 0 aromatic heterocycles. The summed E-state index contributed by atoms with van der Waals surface area (Å²) in [5.74, 6) is 2.41. The minimum atomic E-state index is -0.247. The number of nitrogens with two attached hydrogens (primary N) is 1. The molecule has 1 heterocycles. The Bertz CT molecular complexity index is 135. The van der Waals surface area contributed by atoms with Crippen molar-refractivity contribution >= 4 is 0 Å². The van der Waals surface area contributed by atoms with E-state index in [0.717, 1.165) is 0 Å². The van der Waals surface area contributed by atoms with Crippen LogP contribution in [-0.2, 0) is 9.47 Å². The number of hydrogen-bond donors (Lipinski definition) is 1. The molecule has 1 rings (SSSR count). The molecule has 10 heavy (non-hydrogen) atoms. The predicted octanol–water partition coefficient (Wildman–Crippen LogP) is -0.290. The molecule has 1 aliphatic rings.